The van der Waals surface area contributed by atoms with Crippen LogP contribution in [0.2, 0.25) is 5.02 Å². The number of hydrogen-bond donors (Lipinski definition) is 0. The molecule has 0 atom stereocenters. The van der Waals surface area contributed by atoms with Gasteiger partial charge in [-0.15, -0.1) is 0 Å². The van der Waals surface area contributed by atoms with Crippen LogP contribution in [0.1, 0.15) is 11.1 Å². The van der Waals surface area contributed by atoms with Crippen molar-refractivity contribution in [3.8, 4) is 11.8 Å². The molecule has 0 N–H and O–H groups in total. The Kier molecular flexibility index (Phi) is 5.43. The van der Waals surface area contributed by atoms with Gasteiger partial charge in [0.25, 0.3) is 0 Å². The number of nitrogens with zero attached hydrogens (tertiary/aromatic N) is 1. The van der Waals surface area contributed by atoms with E-state index in [0.717, 1.165) is 11.3 Å². The molecule has 0 amide bonds. The van der Waals surface area contributed by atoms with E-state index in [0.29, 0.717) is 30.4 Å². The van der Waals surface area contributed by atoms with E-state index in [2.05, 4.69) is 6.07 Å². The van der Waals surface area contributed by atoms with Crippen LogP contribution in [0.3, 0.4) is 0 Å². The lowest BCUT2D eigenvalue weighted by Crippen LogP contribution is -2.06. The summed E-state index contributed by atoms with van der Waals surface area (Å²) in [6.07, 6.45) is 0. The minimum Gasteiger partial charge on any atom is -0.491 e. The summed E-state index contributed by atoms with van der Waals surface area (Å²) >= 11 is 5.89. The highest BCUT2D eigenvalue weighted by atomic mass is 35.5. The van der Waals surface area contributed by atoms with Crippen LogP contribution >= 0.6 is 11.6 Å². The summed E-state index contributed by atoms with van der Waals surface area (Å²) < 4.78 is 11.0. The van der Waals surface area contributed by atoms with E-state index in [1.165, 1.54) is 0 Å². The third kappa shape index (κ3) is 4.58. The number of halogens is 1. The Balaban J connectivity index is 1.67. The maximum atomic E-state index is 8.68. The van der Waals surface area contributed by atoms with E-state index >= 15 is 0 Å². The van der Waals surface area contributed by atoms with Gasteiger partial charge in [0.2, 0.25) is 0 Å². The fourth-order valence-electron chi connectivity index (χ4n) is 1.66. The van der Waals surface area contributed by atoms with E-state index in [9.17, 15) is 0 Å². The summed E-state index contributed by atoms with van der Waals surface area (Å²) in [6, 6.07) is 16.6. The van der Waals surface area contributed by atoms with Crippen molar-refractivity contribution in [2.75, 3.05) is 13.2 Å². The SMILES string of the molecule is N#Cc1ccc(OCCOCc2cccc(Cl)c2)cc1. The van der Waals surface area contributed by atoms with Gasteiger partial charge in [0.15, 0.2) is 0 Å². The zero-order chi connectivity index (χ0) is 14.2. The van der Waals surface area contributed by atoms with Gasteiger partial charge < -0.3 is 9.47 Å². The summed E-state index contributed by atoms with van der Waals surface area (Å²) in [4.78, 5) is 0. The highest BCUT2D eigenvalue weighted by Gasteiger charge is 1.97. The van der Waals surface area contributed by atoms with E-state index in [-0.39, 0.29) is 0 Å². The first-order valence-corrected chi connectivity index (χ1v) is 6.61. The zero-order valence-corrected chi connectivity index (χ0v) is 11.6. The Labute approximate surface area is 123 Å². The molecule has 3 nitrogen and oxygen atoms in total. The molecule has 2 aromatic rings. The molecule has 0 fully saturated rings. The molecule has 0 radical (unpaired) electrons. The van der Waals surface area contributed by atoms with Crippen LogP contribution in [0.25, 0.3) is 0 Å². The maximum absolute atomic E-state index is 8.68. The van der Waals surface area contributed by atoms with Crippen LogP contribution in [0.4, 0.5) is 0 Å². The Hall–Kier alpha value is -2.02. The second kappa shape index (κ2) is 7.54. The van der Waals surface area contributed by atoms with Crippen LogP contribution in [0, 0.1) is 11.3 Å². The van der Waals surface area contributed by atoms with Gasteiger partial charge in [-0.3, -0.25) is 0 Å². The highest BCUT2D eigenvalue weighted by molar-refractivity contribution is 6.30. The molecule has 2 rings (SSSR count). The molecule has 0 aromatic heterocycles. The van der Waals surface area contributed by atoms with Gasteiger partial charge in [-0.05, 0) is 42.0 Å². The minimum atomic E-state index is 0.465. The van der Waals surface area contributed by atoms with Crippen LogP contribution in [-0.4, -0.2) is 13.2 Å². The van der Waals surface area contributed by atoms with Crippen LogP contribution in [-0.2, 0) is 11.3 Å². The van der Waals surface area contributed by atoms with E-state index in [1.54, 1.807) is 24.3 Å². The van der Waals surface area contributed by atoms with Crippen molar-refractivity contribution in [3.63, 3.8) is 0 Å². The van der Waals surface area contributed by atoms with Crippen molar-refractivity contribution in [2.45, 2.75) is 6.61 Å². The van der Waals surface area contributed by atoms with E-state index < -0.39 is 0 Å². The Morgan fingerprint density at radius 2 is 1.85 bits per heavy atom. The van der Waals surface area contributed by atoms with Crippen LogP contribution in [0.15, 0.2) is 48.5 Å². The molecule has 0 aliphatic rings. The highest BCUT2D eigenvalue weighted by Crippen LogP contribution is 2.12. The second-order valence-corrected chi connectivity index (χ2v) is 4.60. The van der Waals surface area contributed by atoms with Crippen molar-refractivity contribution in [3.05, 3.63) is 64.7 Å². The molecular formula is C16H14ClNO2. The van der Waals surface area contributed by atoms with E-state index in [4.69, 9.17) is 26.3 Å². The molecule has 102 valence electrons. The van der Waals surface area contributed by atoms with Crippen molar-refractivity contribution in [2.24, 2.45) is 0 Å². The van der Waals surface area contributed by atoms with Crippen molar-refractivity contribution in [1.29, 1.82) is 5.26 Å². The lowest BCUT2D eigenvalue weighted by Gasteiger charge is -2.07. The molecule has 2 aromatic carbocycles. The Morgan fingerprint density at radius 1 is 1.05 bits per heavy atom. The molecule has 4 heteroatoms. The standard InChI is InChI=1S/C16H14ClNO2/c17-15-3-1-2-14(10-15)12-19-8-9-20-16-6-4-13(11-18)5-7-16/h1-7,10H,8-9,12H2. The summed E-state index contributed by atoms with van der Waals surface area (Å²) in [7, 11) is 0. The van der Waals surface area contributed by atoms with Crippen molar-refractivity contribution in [1.82, 2.24) is 0 Å². The number of ether oxygens (including phenoxy) is 2. The topological polar surface area (TPSA) is 42.2 Å². The van der Waals surface area contributed by atoms with Gasteiger partial charge in [0.1, 0.15) is 12.4 Å². The van der Waals surface area contributed by atoms with Gasteiger partial charge in [0.05, 0.1) is 24.8 Å². The fourth-order valence-corrected chi connectivity index (χ4v) is 1.87. The average Bonchev–Trinajstić information content (AvgIpc) is 2.48. The monoisotopic (exact) mass is 287 g/mol. The van der Waals surface area contributed by atoms with Gasteiger partial charge >= 0.3 is 0 Å². The van der Waals surface area contributed by atoms with Crippen molar-refractivity contribution < 1.29 is 9.47 Å². The number of rotatable bonds is 6. The number of benzene rings is 2. The van der Waals surface area contributed by atoms with Crippen LogP contribution in [0.5, 0.6) is 5.75 Å². The predicted molar refractivity (Wildman–Crippen MR) is 77.8 cm³/mol. The first kappa shape index (κ1) is 14.4. The molecule has 0 bridgehead atoms. The summed E-state index contributed by atoms with van der Waals surface area (Å²) in [5.74, 6) is 0.732. The molecule has 0 spiro atoms. The third-order valence-corrected chi connectivity index (χ3v) is 2.87. The lowest BCUT2D eigenvalue weighted by atomic mass is 10.2. The average molecular weight is 288 g/mol. The smallest absolute Gasteiger partial charge is 0.119 e. The van der Waals surface area contributed by atoms with Gasteiger partial charge in [-0.2, -0.15) is 5.26 Å². The van der Waals surface area contributed by atoms with Crippen LogP contribution < -0.4 is 4.74 Å². The maximum Gasteiger partial charge on any atom is 0.119 e. The molecule has 20 heavy (non-hydrogen) atoms. The minimum absolute atomic E-state index is 0.465. The summed E-state index contributed by atoms with van der Waals surface area (Å²) in [5, 5.41) is 9.39. The normalized spacial score (nSPS) is 10.0. The van der Waals surface area contributed by atoms with Gasteiger partial charge in [-0.25, -0.2) is 0 Å². The molecule has 0 heterocycles. The first-order chi connectivity index (χ1) is 9.78. The largest absolute Gasteiger partial charge is 0.491 e. The molecule has 0 aliphatic heterocycles. The molecule has 0 aliphatic carbocycles. The summed E-state index contributed by atoms with van der Waals surface area (Å²) in [6.45, 7) is 1.47. The predicted octanol–water partition coefficient (Wildman–Crippen LogP) is 3.81. The Morgan fingerprint density at radius 3 is 2.55 bits per heavy atom. The second-order valence-electron chi connectivity index (χ2n) is 4.17. The molecular weight excluding hydrogens is 274 g/mol. The molecule has 0 unspecified atom stereocenters. The number of hydrogen-bond acceptors (Lipinski definition) is 3. The number of nitriles is 1. The third-order valence-electron chi connectivity index (χ3n) is 2.64. The zero-order valence-electron chi connectivity index (χ0n) is 10.9. The Bertz CT molecular complexity index is 590. The molecule has 0 saturated carbocycles. The molecule has 0 saturated heterocycles. The van der Waals surface area contributed by atoms with Gasteiger partial charge in [0, 0.05) is 5.02 Å². The lowest BCUT2D eigenvalue weighted by molar-refractivity contribution is 0.0889. The van der Waals surface area contributed by atoms with Crippen molar-refractivity contribution >= 4 is 11.6 Å². The summed E-state index contributed by atoms with van der Waals surface area (Å²) in [5.41, 5.74) is 1.66. The van der Waals surface area contributed by atoms with Gasteiger partial charge in [-0.1, -0.05) is 23.7 Å². The fraction of sp³-hybridized carbons (Fsp3) is 0.188. The quantitative estimate of drug-likeness (QED) is 0.759. The van der Waals surface area contributed by atoms with E-state index in [1.807, 2.05) is 24.3 Å². The first-order valence-electron chi connectivity index (χ1n) is 6.23.